The highest BCUT2D eigenvalue weighted by molar-refractivity contribution is 5.12. The minimum absolute atomic E-state index is 0.261. The molecule has 0 spiro atoms. The van der Waals surface area contributed by atoms with Crippen molar-refractivity contribution in [1.29, 1.82) is 0 Å². The summed E-state index contributed by atoms with van der Waals surface area (Å²) < 4.78 is 2.02. The lowest BCUT2D eigenvalue weighted by molar-refractivity contribution is 0.338. The van der Waals surface area contributed by atoms with Gasteiger partial charge in [-0.2, -0.15) is 5.10 Å². The van der Waals surface area contributed by atoms with Crippen LogP contribution in [0.3, 0.4) is 0 Å². The first-order valence-corrected chi connectivity index (χ1v) is 6.34. The SMILES string of the molecule is Cc1cc(CC2(C)CCCCCN2)n(C)n1. The van der Waals surface area contributed by atoms with Crippen LogP contribution in [-0.4, -0.2) is 21.9 Å². The molecule has 1 aliphatic rings. The van der Waals surface area contributed by atoms with E-state index >= 15 is 0 Å². The molecule has 0 aromatic carbocycles. The number of hydrogen-bond donors (Lipinski definition) is 1. The number of nitrogens with one attached hydrogen (secondary N) is 1. The molecule has 2 rings (SSSR count). The molecule has 1 aromatic heterocycles. The first kappa shape index (κ1) is 11.6. The summed E-state index contributed by atoms with van der Waals surface area (Å²) in [7, 11) is 2.04. The summed E-state index contributed by atoms with van der Waals surface area (Å²) in [4.78, 5) is 0. The van der Waals surface area contributed by atoms with Crippen LogP contribution in [0.5, 0.6) is 0 Å². The van der Waals surface area contributed by atoms with Crippen molar-refractivity contribution >= 4 is 0 Å². The smallest absolute Gasteiger partial charge is 0.0596 e. The van der Waals surface area contributed by atoms with Gasteiger partial charge in [-0.05, 0) is 39.3 Å². The van der Waals surface area contributed by atoms with E-state index in [1.165, 1.54) is 31.4 Å². The monoisotopic (exact) mass is 221 g/mol. The molecule has 1 saturated heterocycles. The van der Waals surface area contributed by atoms with Gasteiger partial charge in [-0.15, -0.1) is 0 Å². The summed E-state index contributed by atoms with van der Waals surface area (Å²) in [5, 5.41) is 8.12. The quantitative estimate of drug-likeness (QED) is 0.829. The number of nitrogens with zero attached hydrogens (tertiary/aromatic N) is 2. The number of rotatable bonds is 2. The van der Waals surface area contributed by atoms with E-state index < -0.39 is 0 Å². The highest BCUT2D eigenvalue weighted by Gasteiger charge is 2.26. The summed E-state index contributed by atoms with van der Waals surface area (Å²) in [5.41, 5.74) is 2.72. The zero-order chi connectivity index (χ0) is 11.6. The second kappa shape index (κ2) is 4.58. The maximum Gasteiger partial charge on any atom is 0.0596 e. The second-order valence-electron chi connectivity index (χ2n) is 5.38. The molecular formula is C13H23N3. The van der Waals surface area contributed by atoms with E-state index in [1.807, 2.05) is 11.7 Å². The number of hydrogen-bond acceptors (Lipinski definition) is 2. The molecule has 1 aromatic rings. The summed E-state index contributed by atoms with van der Waals surface area (Å²) in [6.07, 6.45) is 6.40. The Kier molecular flexibility index (Phi) is 3.33. The molecule has 1 fully saturated rings. The topological polar surface area (TPSA) is 29.9 Å². The zero-order valence-corrected chi connectivity index (χ0v) is 10.7. The van der Waals surface area contributed by atoms with Crippen LogP contribution in [0.4, 0.5) is 0 Å². The molecule has 0 radical (unpaired) electrons. The molecule has 1 aliphatic heterocycles. The lowest BCUT2D eigenvalue weighted by Gasteiger charge is -2.29. The standard InChI is InChI=1S/C13H23N3/c1-11-9-12(16(3)15-11)10-13(2)7-5-4-6-8-14-13/h9,14H,4-8,10H2,1-3H3. The van der Waals surface area contributed by atoms with E-state index in [9.17, 15) is 0 Å². The fourth-order valence-corrected chi connectivity index (χ4v) is 2.68. The van der Waals surface area contributed by atoms with Crippen LogP contribution in [0.1, 0.15) is 44.0 Å². The molecule has 1 atom stereocenters. The van der Waals surface area contributed by atoms with Gasteiger partial charge in [0.25, 0.3) is 0 Å². The summed E-state index contributed by atoms with van der Waals surface area (Å²) in [6.45, 7) is 5.57. The Morgan fingerprint density at radius 3 is 2.94 bits per heavy atom. The third-order valence-corrected chi connectivity index (χ3v) is 3.63. The third kappa shape index (κ3) is 2.64. The van der Waals surface area contributed by atoms with Crippen molar-refractivity contribution in [2.24, 2.45) is 7.05 Å². The Morgan fingerprint density at radius 1 is 1.44 bits per heavy atom. The Morgan fingerprint density at radius 2 is 2.25 bits per heavy atom. The van der Waals surface area contributed by atoms with Crippen molar-refractivity contribution in [2.45, 2.75) is 51.5 Å². The average molecular weight is 221 g/mol. The van der Waals surface area contributed by atoms with Gasteiger partial charge in [0.1, 0.15) is 0 Å². The highest BCUT2D eigenvalue weighted by Crippen LogP contribution is 2.23. The molecule has 2 heterocycles. The molecule has 0 bridgehead atoms. The van der Waals surface area contributed by atoms with Crippen LogP contribution in [0.15, 0.2) is 6.07 Å². The average Bonchev–Trinajstić information content (AvgIpc) is 2.41. The van der Waals surface area contributed by atoms with E-state index in [0.717, 1.165) is 18.7 Å². The third-order valence-electron chi connectivity index (χ3n) is 3.63. The van der Waals surface area contributed by atoms with Gasteiger partial charge in [0, 0.05) is 24.7 Å². The van der Waals surface area contributed by atoms with Gasteiger partial charge in [-0.25, -0.2) is 0 Å². The lowest BCUT2D eigenvalue weighted by atomic mass is 9.90. The Balaban J connectivity index is 2.09. The summed E-state index contributed by atoms with van der Waals surface area (Å²) in [6, 6.07) is 2.21. The van der Waals surface area contributed by atoms with Crippen molar-refractivity contribution in [1.82, 2.24) is 15.1 Å². The van der Waals surface area contributed by atoms with Crippen molar-refractivity contribution in [3.05, 3.63) is 17.5 Å². The normalized spacial score (nSPS) is 26.7. The Hall–Kier alpha value is -0.830. The maximum absolute atomic E-state index is 4.42. The lowest BCUT2D eigenvalue weighted by Crippen LogP contribution is -2.44. The fraction of sp³-hybridized carbons (Fsp3) is 0.769. The van der Waals surface area contributed by atoms with Gasteiger partial charge in [-0.1, -0.05) is 12.8 Å². The van der Waals surface area contributed by atoms with Crippen molar-refractivity contribution in [3.63, 3.8) is 0 Å². The predicted molar refractivity (Wildman–Crippen MR) is 66.5 cm³/mol. The Bertz CT molecular complexity index is 346. The van der Waals surface area contributed by atoms with Gasteiger partial charge < -0.3 is 5.32 Å². The Labute approximate surface area is 98.2 Å². The van der Waals surface area contributed by atoms with Crippen LogP contribution in [0.25, 0.3) is 0 Å². The summed E-state index contributed by atoms with van der Waals surface area (Å²) >= 11 is 0. The highest BCUT2D eigenvalue weighted by atomic mass is 15.3. The molecule has 90 valence electrons. The van der Waals surface area contributed by atoms with E-state index in [0.29, 0.717) is 0 Å². The van der Waals surface area contributed by atoms with Gasteiger partial charge in [-0.3, -0.25) is 4.68 Å². The minimum atomic E-state index is 0.261. The molecule has 16 heavy (non-hydrogen) atoms. The van der Waals surface area contributed by atoms with Crippen LogP contribution >= 0.6 is 0 Å². The molecule has 1 N–H and O–H groups in total. The molecular weight excluding hydrogens is 198 g/mol. The van der Waals surface area contributed by atoms with Gasteiger partial charge in [0.2, 0.25) is 0 Å². The summed E-state index contributed by atoms with van der Waals surface area (Å²) in [5.74, 6) is 0. The van der Waals surface area contributed by atoms with Gasteiger partial charge >= 0.3 is 0 Å². The van der Waals surface area contributed by atoms with Crippen LogP contribution in [0, 0.1) is 6.92 Å². The maximum atomic E-state index is 4.42. The van der Waals surface area contributed by atoms with Crippen LogP contribution in [-0.2, 0) is 13.5 Å². The zero-order valence-electron chi connectivity index (χ0n) is 10.7. The van der Waals surface area contributed by atoms with Crippen LogP contribution < -0.4 is 5.32 Å². The molecule has 3 heteroatoms. The largest absolute Gasteiger partial charge is 0.311 e. The van der Waals surface area contributed by atoms with Crippen LogP contribution in [0.2, 0.25) is 0 Å². The van der Waals surface area contributed by atoms with Gasteiger partial charge in [0.05, 0.1) is 5.69 Å². The fourth-order valence-electron chi connectivity index (χ4n) is 2.68. The van der Waals surface area contributed by atoms with Gasteiger partial charge in [0.15, 0.2) is 0 Å². The van der Waals surface area contributed by atoms with E-state index in [4.69, 9.17) is 0 Å². The predicted octanol–water partition coefficient (Wildman–Crippen LogP) is 2.19. The van der Waals surface area contributed by atoms with Crippen molar-refractivity contribution in [2.75, 3.05) is 6.54 Å². The first-order valence-electron chi connectivity index (χ1n) is 6.34. The molecule has 0 aliphatic carbocycles. The van der Waals surface area contributed by atoms with E-state index in [2.05, 4.69) is 30.3 Å². The molecule has 3 nitrogen and oxygen atoms in total. The second-order valence-corrected chi connectivity index (χ2v) is 5.38. The molecule has 0 amide bonds. The number of aryl methyl sites for hydroxylation is 2. The number of aromatic nitrogens is 2. The molecule has 1 unspecified atom stereocenters. The van der Waals surface area contributed by atoms with E-state index in [1.54, 1.807) is 0 Å². The van der Waals surface area contributed by atoms with Crippen molar-refractivity contribution in [3.8, 4) is 0 Å². The van der Waals surface area contributed by atoms with Crippen molar-refractivity contribution < 1.29 is 0 Å². The van der Waals surface area contributed by atoms with E-state index in [-0.39, 0.29) is 5.54 Å². The first-order chi connectivity index (χ1) is 7.59. The molecule has 0 saturated carbocycles. The minimum Gasteiger partial charge on any atom is -0.311 e.